The number of hydrogen-bond donors (Lipinski definition) is 0. The average Bonchev–Trinajstić information content (AvgIpc) is 2.56. The SMILES string of the molecule is COc1ccc(OC)c(S(=O)(=O)N(C)Cc2ccc(Cl)nc2)c1. The summed E-state index contributed by atoms with van der Waals surface area (Å²) in [5.74, 6) is 0.692. The van der Waals surface area contributed by atoms with E-state index >= 15 is 0 Å². The van der Waals surface area contributed by atoms with Gasteiger partial charge in [-0.05, 0) is 23.8 Å². The molecule has 0 aliphatic rings. The number of hydrogen-bond acceptors (Lipinski definition) is 5. The predicted molar refractivity (Wildman–Crippen MR) is 87.4 cm³/mol. The van der Waals surface area contributed by atoms with E-state index in [1.807, 2.05) is 0 Å². The van der Waals surface area contributed by atoms with Gasteiger partial charge in [-0.1, -0.05) is 17.7 Å². The Kier molecular flexibility index (Phi) is 5.46. The van der Waals surface area contributed by atoms with Gasteiger partial charge in [-0.2, -0.15) is 4.31 Å². The van der Waals surface area contributed by atoms with Crippen molar-refractivity contribution in [2.24, 2.45) is 0 Å². The van der Waals surface area contributed by atoms with E-state index in [2.05, 4.69) is 4.98 Å². The van der Waals surface area contributed by atoms with E-state index in [1.165, 1.54) is 37.8 Å². The van der Waals surface area contributed by atoms with E-state index in [-0.39, 0.29) is 17.2 Å². The minimum Gasteiger partial charge on any atom is -0.497 e. The number of sulfonamides is 1. The van der Waals surface area contributed by atoms with Crippen molar-refractivity contribution in [3.8, 4) is 11.5 Å². The number of methoxy groups -OCH3 is 2. The molecular formula is C15H17ClN2O4S. The number of pyridine rings is 1. The number of benzene rings is 1. The molecule has 1 aromatic heterocycles. The Bertz CT molecular complexity index is 779. The minimum absolute atomic E-state index is 0.0452. The van der Waals surface area contributed by atoms with Crippen molar-refractivity contribution in [1.82, 2.24) is 9.29 Å². The molecule has 1 heterocycles. The maximum atomic E-state index is 12.8. The lowest BCUT2D eigenvalue weighted by atomic mass is 10.3. The second-order valence-corrected chi connectivity index (χ2v) is 7.17. The fraction of sp³-hybridized carbons (Fsp3) is 0.267. The molecule has 124 valence electrons. The summed E-state index contributed by atoms with van der Waals surface area (Å²) >= 11 is 5.73. The second kappa shape index (κ2) is 7.16. The van der Waals surface area contributed by atoms with Gasteiger partial charge in [-0.25, -0.2) is 13.4 Å². The van der Waals surface area contributed by atoms with E-state index < -0.39 is 10.0 Å². The van der Waals surface area contributed by atoms with Crippen molar-refractivity contribution in [2.75, 3.05) is 21.3 Å². The molecule has 0 unspecified atom stereocenters. The molecule has 2 aromatic rings. The molecule has 2 rings (SSSR count). The van der Waals surface area contributed by atoms with Crippen molar-refractivity contribution >= 4 is 21.6 Å². The van der Waals surface area contributed by atoms with Crippen LogP contribution in [0.1, 0.15) is 5.56 Å². The molecule has 6 nitrogen and oxygen atoms in total. The molecule has 0 amide bonds. The van der Waals surface area contributed by atoms with Gasteiger partial charge >= 0.3 is 0 Å². The maximum absolute atomic E-state index is 12.8. The molecule has 0 bridgehead atoms. The molecule has 0 saturated carbocycles. The molecule has 0 spiro atoms. The Morgan fingerprint density at radius 2 is 1.91 bits per heavy atom. The summed E-state index contributed by atoms with van der Waals surface area (Å²) in [6.07, 6.45) is 1.54. The third kappa shape index (κ3) is 3.93. The summed E-state index contributed by atoms with van der Waals surface area (Å²) in [6.45, 7) is 0.160. The summed E-state index contributed by atoms with van der Waals surface area (Å²) in [5.41, 5.74) is 0.724. The van der Waals surface area contributed by atoms with Crippen LogP contribution in [0.3, 0.4) is 0 Å². The Balaban J connectivity index is 2.35. The van der Waals surface area contributed by atoms with Crippen LogP contribution in [0, 0.1) is 0 Å². The van der Waals surface area contributed by atoms with Crippen molar-refractivity contribution < 1.29 is 17.9 Å². The zero-order valence-electron chi connectivity index (χ0n) is 13.0. The Morgan fingerprint density at radius 3 is 2.48 bits per heavy atom. The Morgan fingerprint density at radius 1 is 1.17 bits per heavy atom. The number of halogens is 1. The standard InChI is InChI=1S/C15H17ClN2O4S/c1-18(10-11-4-7-15(16)17-9-11)23(19,20)14-8-12(21-2)5-6-13(14)22-3/h4-9H,10H2,1-3H3. The summed E-state index contributed by atoms with van der Waals surface area (Å²) in [7, 11) is 0.628. The van der Waals surface area contributed by atoms with Crippen LogP contribution in [0.25, 0.3) is 0 Å². The zero-order chi connectivity index (χ0) is 17.0. The van der Waals surface area contributed by atoms with E-state index in [1.54, 1.807) is 24.3 Å². The molecule has 0 saturated heterocycles. The number of nitrogens with zero attached hydrogens (tertiary/aromatic N) is 2. The molecule has 0 aliphatic heterocycles. The van der Waals surface area contributed by atoms with Crippen LogP contribution in [0.2, 0.25) is 5.15 Å². The van der Waals surface area contributed by atoms with Gasteiger partial charge in [-0.15, -0.1) is 0 Å². The van der Waals surface area contributed by atoms with Gasteiger partial charge in [0, 0.05) is 25.9 Å². The maximum Gasteiger partial charge on any atom is 0.246 e. The van der Waals surface area contributed by atoms with E-state index in [0.717, 1.165) is 5.56 Å². The molecule has 0 aliphatic carbocycles. The van der Waals surface area contributed by atoms with Crippen LogP contribution in [-0.4, -0.2) is 39.0 Å². The molecule has 23 heavy (non-hydrogen) atoms. The average molecular weight is 357 g/mol. The highest BCUT2D eigenvalue weighted by Crippen LogP contribution is 2.30. The van der Waals surface area contributed by atoms with Crippen molar-refractivity contribution in [3.05, 3.63) is 47.2 Å². The Hall–Kier alpha value is -1.83. The van der Waals surface area contributed by atoms with Gasteiger partial charge < -0.3 is 9.47 Å². The normalized spacial score (nSPS) is 11.5. The third-order valence-electron chi connectivity index (χ3n) is 3.25. The first kappa shape index (κ1) is 17.5. The lowest BCUT2D eigenvalue weighted by Crippen LogP contribution is -2.27. The molecule has 8 heteroatoms. The monoisotopic (exact) mass is 356 g/mol. The van der Waals surface area contributed by atoms with Gasteiger partial charge in [0.25, 0.3) is 0 Å². The molecule has 0 fully saturated rings. The Labute approximate surface area is 140 Å². The van der Waals surface area contributed by atoms with Crippen LogP contribution in [0.5, 0.6) is 11.5 Å². The molecule has 0 radical (unpaired) electrons. The number of aromatic nitrogens is 1. The van der Waals surface area contributed by atoms with E-state index in [9.17, 15) is 8.42 Å². The molecule has 0 atom stereocenters. The smallest absolute Gasteiger partial charge is 0.246 e. The quantitative estimate of drug-likeness (QED) is 0.744. The summed E-state index contributed by atoms with van der Waals surface area (Å²) in [5, 5.41) is 0.355. The lowest BCUT2D eigenvalue weighted by Gasteiger charge is -2.19. The topological polar surface area (TPSA) is 68.7 Å². The first-order valence-electron chi connectivity index (χ1n) is 6.67. The van der Waals surface area contributed by atoms with Gasteiger partial charge in [0.1, 0.15) is 21.5 Å². The van der Waals surface area contributed by atoms with Crippen molar-refractivity contribution in [1.29, 1.82) is 0 Å². The summed E-state index contributed by atoms with van der Waals surface area (Å²) < 4.78 is 37.1. The third-order valence-corrected chi connectivity index (χ3v) is 5.30. The highest BCUT2D eigenvalue weighted by atomic mass is 35.5. The van der Waals surface area contributed by atoms with Crippen LogP contribution >= 0.6 is 11.6 Å². The fourth-order valence-electron chi connectivity index (χ4n) is 2.00. The zero-order valence-corrected chi connectivity index (χ0v) is 14.6. The van der Waals surface area contributed by atoms with Crippen LogP contribution in [-0.2, 0) is 16.6 Å². The van der Waals surface area contributed by atoms with Gasteiger partial charge in [0.05, 0.1) is 14.2 Å². The minimum atomic E-state index is -3.76. The highest BCUT2D eigenvalue weighted by Gasteiger charge is 2.25. The summed E-state index contributed by atoms with van der Waals surface area (Å²) in [6, 6.07) is 7.97. The van der Waals surface area contributed by atoms with Gasteiger partial charge in [-0.3, -0.25) is 0 Å². The van der Waals surface area contributed by atoms with Crippen LogP contribution in [0.4, 0.5) is 0 Å². The first-order valence-corrected chi connectivity index (χ1v) is 8.49. The largest absolute Gasteiger partial charge is 0.497 e. The summed E-state index contributed by atoms with van der Waals surface area (Å²) in [4.78, 5) is 3.99. The first-order chi connectivity index (χ1) is 10.9. The van der Waals surface area contributed by atoms with Crippen LogP contribution in [0.15, 0.2) is 41.4 Å². The second-order valence-electron chi connectivity index (χ2n) is 4.77. The van der Waals surface area contributed by atoms with Gasteiger partial charge in [0.2, 0.25) is 10.0 Å². The molecule has 1 aromatic carbocycles. The fourth-order valence-corrected chi connectivity index (χ4v) is 3.43. The molecular weight excluding hydrogens is 340 g/mol. The predicted octanol–water partition coefficient (Wildman–Crippen LogP) is 2.57. The van der Waals surface area contributed by atoms with E-state index in [4.69, 9.17) is 21.1 Å². The molecule has 0 N–H and O–H groups in total. The van der Waals surface area contributed by atoms with Crippen molar-refractivity contribution in [3.63, 3.8) is 0 Å². The number of ether oxygens (including phenoxy) is 2. The number of rotatable bonds is 6. The van der Waals surface area contributed by atoms with Crippen LogP contribution < -0.4 is 9.47 Å². The van der Waals surface area contributed by atoms with Crippen molar-refractivity contribution in [2.45, 2.75) is 11.4 Å². The lowest BCUT2D eigenvalue weighted by molar-refractivity contribution is 0.388. The highest BCUT2D eigenvalue weighted by molar-refractivity contribution is 7.89. The van der Waals surface area contributed by atoms with Gasteiger partial charge in [0.15, 0.2) is 0 Å². The van der Waals surface area contributed by atoms with E-state index in [0.29, 0.717) is 10.9 Å².